The molecule has 0 amide bonds. The van der Waals surface area contributed by atoms with E-state index in [1.54, 1.807) is 13.8 Å². The maximum absolute atomic E-state index is 13.1. The summed E-state index contributed by atoms with van der Waals surface area (Å²) in [4.78, 5) is 10.2. The number of nitrogens with one attached hydrogen (secondary N) is 1. The quantitative estimate of drug-likeness (QED) is 0.610. The minimum Gasteiger partial charge on any atom is -0.378 e. The number of halogens is 1. The summed E-state index contributed by atoms with van der Waals surface area (Å²) in [6, 6.07) is 3.09. The van der Waals surface area contributed by atoms with Gasteiger partial charge in [-0.05, 0) is 26.0 Å². The number of hydrogen-bond donors (Lipinski definition) is 1. The highest BCUT2D eigenvalue weighted by molar-refractivity contribution is 7.89. The number of morpholine rings is 1. The lowest BCUT2D eigenvalue weighted by Gasteiger charge is -2.34. The van der Waals surface area contributed by atoms with Crippen LogP contribution < -0.4 is 5.32 Å². The van der Waals surface area contributed by atoms with E-state index >= 15 is 0 Å². The largest absolute Gasteiger partial charge is 0.378 e. The molecule has 0 bridgehead atoms. The van der Waals surface area contributed by atoms with Gasteiger partial charge in [-0.25, -0.2) is 12.8 Å². The molecule has 0 unspecified atom stereocenters. The highest BCUT2D eigenvalue weighted by Gasteiger charge is 2.30. The van der Waals surface area contributed by atoms with Crippen LogP contribution in [0.4, 0.5) is 15.8 Å². The molecule has 0 aliphatic carbocycles. The molecule has 8 nitrogen and oxygen atoms in total. The highest BCUT2D eigenvalue weighted by Crippen LogP contribution is 2.25. The molecule has 1 fully saturated rings. The van der Waals surface area contributed by atoms with Crippen molar-refractivity contribution in [1.82, 2.24) is 4.31 Å². The van der Waals surface area contributed by atoms with Gasteiger partial charge in [0.05, 0.1) is 29.0 Å². The number of nitrogens with zero attached hydrogens (tertiary/aromatic N) is 2. The number of nitro benzene ring substituents is 1. The fourth-order valence-corrected chi connectivity index (χ4v) is 4.10. The first-order valence-electron chi connectivity index (χ1n) is 7.50. The van der Waals surface area contributed by atoms with Crippen LogP contribution in [0.5, 0.6) is 0 Å². The second kappa shape index (κ2) is 7.41. The minimum atomic E-state index is -3.51. The molecular weight excluding hydrogens is 341 g/mol. The third kappa shape index (κ3) is 4.62. The van der Waals surface area contributed by atoms with E-state index in [9.17, 15) is 22.9 Å². The molecule has 0 spiro atoms. The zero-order valence-corrected chi connectivity index (χ0v) is 14.3. The third-order valence-electron chi connectivity index (χ3n) is 3.61. The van der Waals surface area contributed by atoms with Crippen molar-refractivity contribution < 1.29 is 22.5 Å². The van der Waals surface area contributed by atoms with Gasteiger partial charge in [0.25, 0.3) is 5.69 Å². The zero-order valence-electron chi connectivity index (χ0n) is 13.4. The van der Waals surface area contributed by atoms with Crippen molar-refractivity contribution in [2.75, 3.05) is 30.7 Å². The molecular formula is C14H20FN3O5S. The second-order valence-electron chi connectivity index (χ2n) is 5.74. The molecule has 10 heteroatoms. The number of benzene rings is 1. The van der Waals surface area contributed by atoms with Crippen LogP contribution in [0, 0.1) is 15.9 Å². The summed E-state index contributed by atoms with van der Waals surface area (Å²) >= 11 is 0. The SMILES string of the molecule is C[C@H]1CN(S(=O)(=O)CCNc2ccc(F)cc2[N+](=O)[O-])C[C@H](C)O1. The summed E-state index contributed by atoms with van der Waals surface area (Å²) in [6.07, 6.45) is -0.371. The number of rotatable bonds is 6. The van der Waals surface area contributed by atoms with Crippen LogP contribution >= 0.6 is 0 Å². The van der Waals surface area contributed by atoms with Crippen LogP contribution in [0.15, 0.2) is 18.2 Å². The van der Waals surface area contributed by atoms with Crippen molar-refractivity contribution >= 4 is 21.4 Å². The topological polar surface area (TPSA) is 102 Å². The Bertz CT molecular complexity index is 702. The van der Waals surface area contributed by atoms with Crippen LogP contribution in [0.3, 0.4) is 0 Å². The average molecular weight is 361 g/mol. The van der Waals surface area contributed by atoms with Crippen molar-refractivity contribution in [2.24, 2.45) is 0 Å². The standard InChI is InChI=1S/C14H20FN3O5S/c1-10-8-17(9-11(2)23-10)24(21,22)6-5-16-13-4-3-12(15)7-14(13)18(19)20/h3-4,7,10-11,16H,5-6,8-9H2,1-2H3/t10-,11-/m0/s1. The van der Waals surface area contributed by atoms with Crippen LogP contribution in [0.1, 0.15) is 13.8 Å². The van der Waals surface area contributed by atoms with E-state index < -0.39 is 26.5 Å². The molecule has 0 saturated carbocycles. The van der Waals surface area contributed by atoms with Crippen LogP contribution in [-0.2, 0) is 14.8 Å². The van der Waals surface area contributed by atoms with Crippen LogP contribution in [0.2, 0.25) is 0 Å². The first-order valence-corrected chi connectivity index (χ1v) is 9.11. The summed E-state index contributed by atoms with van der Waals surface area (Å²) in [6.45, 7) is 4.15. The predicted molar refractivity (Wildman–Crippen MR) is 86.9 cm³/mol. The first kappa shape index (κ1) is 18.6. The molecule has 0 aromatic heterocycles. The Morgan fingerprint density at radius 3 is 2.58 bits per heavy atom. The third-order valence-corrected chi connectivity index (χ3v) is 5.42. The summed E-state index contributed by atoms with van der Waals surface area (Å²) in [5, 5.41) is 13.6. The van der Waals surface area contributed by atoms with E-state index in [4.69, 9.17) is 4.74 Å². The van der Waals surface area contributed by atoms with E-state index in [2.05, 4.69) is 5.32 Å². The van der Waals surface area contributed by atoms with Gasteiger partial charge in [0.2, 0.25) is 10.0 Å². The number of anilines is 1. The van der Waals surface area contributed by atoms with Gasteiger partial charge >= 0.3 is 0 Å². The van der Waals surface area contributed by atoms with Gasteiger partial charge in [0, 0.05) is 19.6 Å². The number of sulfonamides is 1. The van der Waals surface area contributed by atoms with Crippen LogP contribution in [-0.4, -0.2) is 55.2 Å². The first-order chi connectivity index (χ1) is 11.2. The molecule has 1 aromatic carbocycles. The number of hydrogen-bond acceptors (Lipinski definition) is 6. The molecule has 134 valence electrons. The Morgan fingerprint density at radius 1 is 1.38 bits per heavy atom. The smallest absolute Gasteiger partial charge is 0.295 e. The van der Waals surface area contributed by atoms with Gasteiger partial charge < -0.3 is 10.1 Å². The Kier molecular flexibility index (Phi) is 5.73. The highest BCUT2D eigenvalue weighted by atomic mass is 32.2. The Balaban J connectivity index is 2.00. The zero-order chi connectivity index (χ0) is 17.9. The molecule has 2 rings (SSSR count). The van der Waals surface area contributed by atoms with Gasteiger partial charge in [-0.1, -0.05) is 0 Å². The molecule has 2 atom stereocenters. The van der Waals surface area contributed by atoms with Gasteiger partial charge in [-0.15, -0.1) is 0 Å². The molecule has 24 heavy (non-hydrogen) atoms. The summed E-state index contributed by atoms with van der Waals surface area (Å²) in [5.74, 6) is -0.947. The normalized spacial score (nSPS) is 22.3. The molecule has 1 aliphatic heterocycles. The molecule has 0 radical (unpaired) electrons. The van der Waals surface area contributed by atoms with E-state index in [0.717, 1.165) is 12.1 Å². The maximum atomic E-state index is 13.1. The molecule has 1 N–H and O–H groups in total. The Labute approximate surface area is 139 Å². The molecule has 1 heterocycles. The predicted octanol–water partition coefficient (Wildman–Crippen LogP) is 1.58. The number of ether oxygens (including phenoxy) is 1. The second-order valence-corrected chi connectivity index (χ2v) is 7.82. The lowest BCUT2D eigenvalue weighted by Crippen LogP contribution is -2.49. The van der Waals surface area contributed by atoms with Crippen molar-refractivity contribution in [3.05, 3.63) is 34.1 Å². The van der Waals surface area contributed by atoms with E-state index in [1.165, 1.54) is 10.4 Å². The number of nitro groups is 1. The summed E-state index contributed by atoms with van der Waals surface area (Å²) in [5.41, 5.74) is -0.346. The van der Waals surface area contributed by atoms with Crippen molar-refractivity contribution in [1.29, 1.82) is 0 Å². The van der Waals surface area contributed by atoms with Gasteiger partial charge in [0.1, 0.15) is 11.5 Å². The van der Waals surface area contributed by atoms with Crippen molar-refractivity contribution in [3.63, 3.8) is 0 Å². The van der Waals surface area contributed by atoms with Crippen molar-refractivity contribution in [3.8, 4) is 0 Å². The van der Waals surface area contributed by atoms with E-state index in [0.29, 0.717) is 0 Å². The fraction of sp³-hybridized carbons (Fsp3) is 0.571. The summed E-state index contributed by atoms with van der Waals surface area (Å²) in [7, 11) is -3.51. The lowest BCUT2D eigenvalue weighted by atomic mass is 10.2. The maximum Gasteiger partial charge on any atom is 0.295 e. The average Bonchev–Trinajstić information content (AvgIpc) is 2.47. The Hall–Kier alpha value is -1.78. The molecule has 1 saturated heterocycles. The van der Waals surface area contributed by atoms with Gasteiger partial charge in [-0.3, -0.25) is 10.1 Å². The van der Waals surface area contributed by atoms with E-state index in [1.807, 2.05) is 0 Å². The van der Waals surface area contributed by atoms with E-state index in [-0.39, 0.29) is 43.3 Å². The van der Waals surface area contributed by atoms with Gasteiger partial charge in [0.15, 0.2) is 0 Å². The van der Waals surface area contributed by atoms with Crippen molar-refractivity contribution in [2.45, 2.75) is 26.1 Å². The molecule has 1 aromatic rings. The monoisotopic (exact) mass is 361 g/mol. The fourth-order valence-electron chi connectivity index (χ4n) is 2.61. The minimum absolute atomic E-state index is 0.0189. The van der Waals surface area contributed by atoms with Gasteiger partial charge in [-0.2, -0.15) is 4.31 Å². The lowest BCUT2D eigenvalue weighted by molar-refractivity contribution is -0.384. The Morgan fingerprint density at radius 2 is 2.00 bits per heavy atom. The summed E-state index contributed by atoms with van der Waals surface area (Å²) < 4.78 is 44.7. The van der Waals surface area contributed by atoms with Crippen LogP contribution in [0.25, 0.3) is 0 Å². The molecule has 1 aliphatic rings.